The van der Waals surface area contributed by atoms with Gasteiger partial charge in [0, 0.05) is 13.1 Å². The first-order valence-corrected chi connectivity index (χ1v) is 4.16. The van der Waals surface area contributed by atoms with Crippen LogP contribution in [0.5, 0.6) is 0 Å². The van der Waals surface area contributed by atoms with E-state index in [4.69, 9.17) is 5.26 Å². The van der Waals surface area contributed by atoms with E-state index in [1.165, 1.54) is 4.90 Å². The number of nitrogens with zero attached hydrogens (tertiary/aromatic N) is 2. The van der Waals surface area contributed by atoms with Gasteiger partial charge in [0.1, 0.15) is 6.54 Å². The summed E-state index contributed by atoms with van der Waals surface area (Å²) in [5, 5.41) is 11.1. The molecule has 0 spiro atoms. The van der Waals surface area contributed by atoms with Crippen LogP contribution in [0, 0.1) is 11.3 Å². The molecule has 0 fully saturated rings. The van der Waals surface area contributed by atoms with E-state index in [0.717, 1.165) is 6.42 Å². The average Bonchev–Trinajstić information content (AvgIpc) is 2.04. The Hall–Kier alpha value is -1.24. The molecule has 0 bridgehead atoms. The summed E-state index contributed by atoms with van der Waals surface area (Å²) in [6, 6.07) is 1.81. The Morgan fingerprint density at radius 1 is 1.58 bits per heavy atom. The smallest absolute Gasteiger partial charge is 0.318 e. The normalized spacial score (nSPS) is 8.75. The van der Waals surface area contributed by atoms with E-state index < -0.39 is 0 Å². The second-order valence-electron chi connectivity index (χ2n) is 2.42. The Balaban J connectivity index is 3.92. The maximum absolute atomic E-state index is 11.2. The van der Waals surface area contributed by atoms with Crippen LogP contribution in [0.2, 0.25) is 0 Å². The SMILES string of the molecule is CCCN(CC#N)C(=O)NCC. The molecule has 0 saturated carbocycles. The third-order valence-corrected chi connectivity index (χ3v) is 1.37. The van der Waals surface area contributed by atoms with Gasteiger partial charge in [-0.05, 0) is 13.3 Å². The summed E-state index contributed by atoms with van der Waals surface area (Å²) in [6.07, 6.45) is 0.874. The highest BCUT2D eigenvalue weighted by molar-refractivity contribution is 5.74. The summed E-state index contributed by atoms with van der Waals surface area (Å²) >= 11 is 0. The molecule has 0 radical (unpaired) electrons. The molecule has 68 valence electrons. The zero-order chi connectivity index (χ0) is 9.40. The Kier molecular flexibility index (Phi) is 5.80. The first kappa shape index (κ1) is 10.8. The molecule has 12 heavy (non-hydrogen) atoms. The fourth-order valence-corrected chi connectivity index (χ4v) is 0.871. The van der Waals surface area contributed by atoms with Gasteiger partial charge in [0.05, 0.1) is 6.07 Å². The van der Waals surface area contributed by atoms with Crippen LogP contribution in [0.4, 0.5) is 4.79 Å². The van der Waals surface area contributed by atoms with Crippen molar-refractivity contribution in [3.63, 3.8) is 0 Å². The maximum atomic E-state index is 11.2. The van der Waals surface area contributed by atoms with Crippen LogP contribution in [0.25, 0.3) is 0 Å². The maximum Gasteiger partial charge on any atom is 0.318 e. The monoisotopic (exact) mass is 169 g/mol. The highest BCUT2D eigenvalue weighted by Crippen LogP contribution is 1.90. The first-order chi connectivity index (χ1) is 5.76. The van der Waals surface area contributed by atoms with E-state index >= 15 is 0 Å². The van der Waals surface area contributed by atoms with Crippen molar-refractivity contribution in [1.82, 2.24) is 10.2 Å². The van der Waals surface area contributed by atoms with Gasteiger partial charge in [0.25, 0.3) is 0 Å². The third kappa shape index (κ3) is 3.81. The van der Waals surface area contributed by atoms with Gasteiger partial charge in [-0.15, -0.1) is 0 Å². The minimum atomic E-state index is -0.152. The summed E-state index contributed by atoms with van der Waals surface area (Å²) in [4.78, 5) is 12.7. The Morgan fingerprint density at radius 2 is 2.25 bits per heavy atom. The zero-order valence-corrected chi connectivity index (χ0v) is 7.63. The second-order valence-corrected chi connectivity index (χ2v) is 2.42. The molecular weight excluding hydrogens is 154 g/mol. The van der Waals surface area contributed by atoms with Crippen molar-refractivity contribution >= 4 is 6.03 Å². The topological polar surface area (TPSA) is 56.1 Å². The number of rotatable bonds is 4. The molecule has 0 aromatic carbocycles. The number of hydrogen-bond acceptors (Lipinski definition) is 2. The molecule has 0 aromatic rings. The van der Waals surface area contributed by atoms with Crippen molar-refractivity contribution in [3.05, 3.63) is 0 Å². The number of carbonyl (C=O) groups is 1. The molecule has 0 aromatic heterocycles. The lowest BCUT2D eigenvalue weighted by Gasteiger charge is -2.18. The van der Waals surface area contributed by atoms with Gasteiger partial charge in [-0.2, -0.15) is 5.26 Å². The van der Waals surface area contributed by atoms with Gasteiger partial charge in [0.2, 0.25) is 0 Å². The van der Waals surface area contributed by atoms with Gasteiger partial charge in [-0.1, -0.05) is 6.92 Å². The molecule has 0 saturated heterocycles. The zero-order valence-electron chi connectivity index (χ0n) is 7.63. The van der Waals surface area contributed by atoms with Crippen LogP contribution in [0.15, 0.2) is 0 Å². The Bertz CT molecular complexity index is 174. The summed E-state index contributed by atoms with van der Waals surface area (Å²) in [6.45, 7) is 5.24. The lowest BCUT2D eigenvalue weighted by Crippen LogP contribution is -2.40. The number of carbonyl (C=O) groups excluding carboxylic acids is 1. The Morgan fingerprint density at radius 3 is 2.67 bits per heavy atom. The summed E-state index contributed by atoms with van der Waals surface area (Å²) in [5.41, 5.74) is 0. The van der Waals surface area contributed by atoms with Crippen molar-refractivity contribution in [2.75, 3.05) is 19.6 Å². The fraction of sp³-hybridized carbons (Fsp3) is 0.750. The van der Waals surface area contributed by atoms with Crippen LogP contribution in [0.3, 0.4) is 0 Å². The minimum Gasteiger partial charge on any atom is -0.338 e. The minimum absolute atomic E-state index is 0.152. The van der Waals surface area contributed by atoms with Crippen molar-refractivity contribution in [1.29, 1.82) is 5.26 Å². The third-order valence-electron chi connectivity index (χ3n) is 1.37. The second kappa shape index (κ2) is 6.47. The van der Waals surface area contributed by atoms with Crippen molar-refractivity contribution < 1.29 is 4.79 Å². The number of nitriles is 1. The predicted octanol–water partition coefficient (Wildman–Crippen LogP) is 0.951. The molecule has 0 atom stereocenters. The molecular formula is C8H15N3O. The van der Waals surface area contributed by atoms with Crippen LogP contribution >= 0.6 is 0 Å². The van der Waals surface area contributed by atoms with Gasteiger partial charge in [-0.25, -0.2) is 4.79 Å². The number of nitrogens with one attached hydrogen (secondary N) is 1. The van der Waals surface area contributed by atoms with Gasteiger partial charge >= 0.3 is 6.03 Å². The van der Waals surface area contributed by atoms with Gasteiger partial charge in [0.15, 0.2) is 0 Å². The van der Waals surface area contributed by atoms with Gasteiger partial charge in [-0.3, -0.25) is 0 Å². The van der Waals surface area contributed by atoms with E-state index in [1.807, 2.05) is 19.9 Å². The van der Waals surface area contributed by atoms with E-state index in [2.05, 4.69) is 5.32 Å². The first-order valence-electron chi connectivity index (χ1n) is 4.16. The average molecular weight is 169 g/mol. The van der Waals surface area contributed by atoms with Crippen LogP contribution < -0.4 is 5.32 Å². The highest BCUT2D eigenvalue weighted by atomic mass is 16.2. The molecule has 4 heteroatoms. The standard InChI is InChI=1S/C8H15N3O/c1-3-6-11(7-5-9)8(12)10-4-2/h3-4,6-7H2,1-2H3,(H,10,12). The molecule has 0 aliphatic carbocycles. The quantitative estimate of drug-likeness (QED) is 0.637. The molecule has 0 unspecified atom stereocenters. The lowest BCUT2D eigenvalue weighted by atomic mass is 10.4. The van der Waals surface area contributed by atoms with Crippen LogP contribution in [-0.4, -0.2) is 30.6 Å². The number of urea groups is 1. The fourth-order valence-electron chi connectivity index (χ4n) is 0.871. The van der Waals surface area contributed by atoms with Gasteiger partial charge < -0.3 is 10.2 Å². The number of hydrogen-bond donors (Lipinski definition) is 1. The molecule has 0 aliphatic heterocycles. The van der Waals surface area contributed by atoms with Crippen molar-refractivity contribution in [2.24, 2.45) is 0 Å². The van der Waals surface area contributed by atoms with E-state index in [1.54, 1.807) is 0 Å². The molecule has 0 rings (SSSR count). The van der Waals surface area contributed by atoms with E-state index in [-0.39, 0.29) is 12.6 Å². The predicted molar refractivity (Wildman–Crippen MR) is 46.5 cm³/mol. The number of amides is 2. The van der Waals surface area contributed by atoms with E-state index in [9.17, 15) is 4.79 Å². The molecule has 4 nitrogen and oxygen atoms in total. The van der Waals surface area contributed by atoms with Crippen LogP contribution in [-0.2, 0) is 0 Å². The molecule has 0 heterocycles. The highest BCUT2D eigenvalue weighted by Gasteiger charge is 2.09. The molecule has 0 aliphatic rings. The summed E-state index contributed by atoms with van der Waals surface area (Å²) < 4.78 is 0. The van der Waals surface area contributed by atoms with E-state index in [0.29, 0.717) is 13.1 Å². The lowest BCUT2D eigenvalue weighted by molar-refractivity contribution is 0.204. The molecule has 1 N–H and O–H groups in total. The largest absolute Gasteiger partial charge is 0.338 e. The summed E-state index contributed by atoms with van der Waals surface area (Å²) in [7, 11) is 0. The summed E-state index contributed by atoms with van der Waals surface area (Å²) in [5.74, 6) is 0. The van der Waals surface area contributed by atoms with Crippen molar-refractivity contribution in [3.8, 4) is 6.07 Å². The van der Waals surface area contributed by atoms with Crippen molar-refractivity contribution in [2.45, 2.75) is 20.3 Å². The molecule has 2 amide bonds. The van der Waals surface area contributed by atoms with Crippen LogP contribution in [0.1, 0.15) is 20.3 Å². The Labute approximate surface area is 73.2 Å².